The second kappa shape index (κ2) is 5.50. The quantitative estimate of drug-likeness (QED) is 0.838. The summed E-state index contributed by atoms with van der Waals surface area (Å²) in [6.07, 6.45) is 7.28. The molecule has 0 bridgehead atoms. The Balaban J connectivity index is 2.03. The molecule has 0 radical (unpaired) electrons. The molecule has 0 unspecified atom stereocenters. The van der Waals surface area contributed by atoms with Crippen LogP contribution in [-0.4, -0.2) is 21.5 Å². The molecule has 100 valence electrons. The average Bonchev–Trinajstić information content (AvgIpc) is 2.85. The van der Waals surface area contributed by atoms with Gasteiger partial charge in [-0.3, -0.25) is 0 Å². The van der Waals surface area contributed by atoms with Crippen LogP contribution in [0.2, 0.25) is 0 Å². The first-order chi connectivity index (χ1) is 8.67. The number of aryl methyl sites for hydroxylation is 1. The number of nitrogens with zero attached hydrogens (tertiary/aromatic N) is 3. The van der Waals surface area contributed by atoms with E-state index in [9.17, 15) is 0 Å². The number of nitrogen functional groups attached to an aromatic ring is 1. The Morgan fingerprint density at radius 2 is 1.89 bits per heavy atom. The molecule has 1 aromatic heterocycles. The van der Waals surface area contributed by atoms with Crippen molar-refractivity contribution in [1.29, 1.82) is 0 Å². The largest absolute Gasteiger partial charge is 0.368 e. The fourth-order valence-corrected chi connectivity index (χ4v) is 2.72. The Morgan fingerprint density at radius 3 is 2.50 bits per heavy atom. The molecule has 0 aliphatic heterocycles. The molecule has 18 heavy (non-hydrogen) atoms. The van der Waals surface area contributed by atoms with Crippen molar-refractivity contribution in [2.45, 2.75) is 52.4 Å². The van der Waals surface area contributed by atoms with Crippen LogP contribution in [0.5, 0.6) is 0 Å². The van der Waals surface area contributed by atoms with Gasteiger partial charge >= 0.3 is 0 Å². The van der Waals surface area contributed by atoms with Gasteiger partial charge in [0.25, 0.3) is 0 Å². The summed E-state index contributed by atoms with van der Waals surface area (Å²) < 4.78 is 0. The first kappa shape index (κ1) is 13.1. The van der Waals surface area contributed by atoms with E-state index in [1.54, 1.807) is 0 Å². The van der Waals surface area contributed by atoms with Gasteiger partial charge in [-0.1, -0.05) is 26.7 Å². The minimum Gasteiger partial charge on any atom is -0.368 e. The van der Waals surface area contributed by atoms with Crippen LogP contribution in [0.25, 0.3) is 0 Å². The molecule has 1 saturated carbocycles. The van der Waals surface area contributed by atoms with Crippen molar-refractivity contribution in [3.05, 3.63) is 5.82 Å². The Kier molecular flexibility index (Phi) is 3.99. The third kappa shape index (κ3) is 2.89. The molecule has 1 aliphatic rings. The summed E-state index contributed by atoms with van der Waals surface area (Å²) in [4.78, 5) is 12.6. The van der Waals surface area contributed by atoms with Crippen LogP contribution in [0.3, 0.4) is 0 Å². The maximum absolute atomic E-state index is 5.68. The minimum atomic E-state index is 0.307. The molecule has 1 heterocycles. The SMILES string of the molecule is CCc1nc(N)nc(NCC2(CC)CCCC2)n1. The molecule has 0 aromatic carbocycles. The topological polar surface area (TPSA) is 76.7 Å². The maximum atomic E-state index is 5.68. The lowest BCUT2D eigenvalue weighted by Gasteiger charge is -2.27. The van der Waals surface area contributed by atoms with E-state index in [2.05, 4.69) is 27.2 Å². The monoisotopic (exact) mass is 249 g/mol. The van der Waals surface area contributed by atoms with Crippen molar-refractivity contribution in [3.8, 4) is 0 Å². The van der Waals surface area contributed by atoms with Gasteiger partial charge in [0.05, 0.1) is 0 Å². The van der Waals surface area contributed by atoms with Crippen molar-refractivity contribution in [2.75, 3.05) is 17.6 Å². The van der Waals surface area contributed by atoms with Gasteiger partial charge in [0, 0.05) is 13.0 Å². The second-order valence-corrected chi connectivity index (χ2v) is 5.20. The van der Waals surface area contributed by atoms with Crippen molar-refractivity contribution < 1.29 is 0 Å². The normalized spacial score (nSPS) is 17.9. The predicted molar refractivity (Wildman–Crippen MR) is 73.3 cm³/mol. The van der Waals surface area contributed by atoms with Crippen LogP contribution in [0.15, 0.2) is 0 Å². The van der Waals surface area contributed by atoms with Gasteiger partial charge < -0.3 is 11.1 Å². The van der Waals surface area contributed by atoms with Crippen LogP contribution in [0.1, 0.15) is 51.8 Å². The molecule has 3 N–H and O–H groups in total. The van der Waals surface area contributed by atoms with Crippen LogP contribution < -0.4 is 11.1 Å². The fourth-order valence-electron chi connectivity index (χ4n) is 2.72. The number of hydrogen-bond donors (Lipinski definition) is 2. The Bertz CT molecular complexity index is 398. The fraction of sp³-hybridized carbons (Fsp3) is 0.769. The lowest BCUT2D eigenvalue weighted by molar-refractivity contribution is 0.306. The van der Waals surface area contributed by atoms with Crippen molar-refractivity contribution in [2.24, 2.45) is 5.41 Å². The maximum Gasteiger partial charge on any atom is 0.227 e. The molecule has 5 nitrogen and oxygen atoms in total. The first-order valence-electron chi connectivity index (χ1n) is 6.92. The van der Waals surface area contributed by atoms with Gasteiger partial charge in [-0.25, -0.2) is 0 Å². The van der Waals surface area contributed by atoms with E-state index >= 15 is 0 Å². The molecule has 1 fully saturated rings. The van der Waals surface area contributed by atoms with E-state index in [1.165, 1.54) is 32.1 Å². The van der Waals surface area contributed by atoms with Crippen LogP contribution in [0, 0.1) is 5.41 Å². The Labute approximate surface area is 109 Å². The van der Waals surface area contributed by atoms with Crippen molar-refractivity contribution in [1.82, 2.24) is 15.0 Å². The Morgan fingerprint density at radius 1 is 1.17 bits per heavy atom. The highest BCUT2D eigenvalue weighted by Gasteiger charge is 2.31. The number of aromatic nitrogens is 3. The van der Waals surface area contributed by atoms with Gasteiger partial charge in [-0.2, -0.15) is 15.0 Å². The summed E-state index contributed by atoms with van der Waals surface area (Å²) in [6.45, 7) is 5.23. The standard InChI is InChI=1S/C13H23N5/c1-3-10-16-11(14)18-12(17-10)15-9-13(4-2)7-5-6-8-13/h3-9H2,1-2H3,(H3,14,15,16,17,18). The van der Waals surface area contributed by atoms with Crippen molar-refractivity contribution in [3.63, 3.8) is 0 Å². The van der Waals surface area contributed by atoms with E-state index in [1.807, 2.05) is 6.92 Å². The predicted octanol–water partition coefficient (Wildman–Crippen LogP) is 2.40. The molecular weight excluding hydrogens is 226 g/mol. The number of rotatable bonds is 5. The summed E-state index contributed by atoms with van der Waals surface area (Å²) >= 11 is 0. The summed E-state index contributed by atoms with van der Waals surface area (Å²) in [5.74, 6) is 1.68. The van der Waals surface area contributed by atoms with E-state index < -0.39 is 0 Å². The molecule has 0 saturated heterocycles. The summed E-state index contributed by atoms with van der Waals surface area (Å²) in [6, 6.07) is 0. The molecular formula is C13H23N5. The number of nitrogens with one attached hydrogen (secondary N) is 1. The van der Waals surface area contributed by atoms with E-state index in [0.717, 1.165) is 18.8 Å². The first-order valence-corrected chi connectivity index (χ1v) is 6.92. The highest BCUT2D eigenvalue weighted by molar-refractivity contribution is 5.31. The van der Waals surface area contributed by atoms with E-state index in [4.69, 9.17) is 5.73 Å². The third-order valence-electron chi connectivity index (χ3n) is 4.05. The van der Waals surface area contributed by atoms with Gasteiger partial charge in [-0.15, -0.1) is 0 Å². The Hall–Kier alpha value is -1.39. The zero-order valence-corrected chi connectivity index (χ0v) is 11.4. The molecule has 0 atom stereocenters. The summed E-state index contributed by atoms with van der Waals surface area (Å²) in [7, 11) is 0. The van der Waals surface area contributed by atoms with E-state index in [-0.39, 0.29) is 0 Å². The lowest BCUT2D eigenvalue weighted by Crippen LogP contribution is -2.27. The van der Waals surface area contributed by atoms with Crippen LogP contribution in [0.4, 0.5) is 11.9 Å². The summed E-state index contributed by atoms with van der Waals surface area (Å²) in [5.41, 5.74) is 6.11. The van der Waals surface area contributed by atoms with Gasteiger partial charge in [0.15, 0.2) is 0 Å². The van der Waals surface area contributed by atoms with E-state index in [0.29, 0.717) is 17.3 Å². The number of nitrogens with two attached hydrogens (primary N) is 1. The highest BCUT2D eigenvalue weighted by Crippen LogP contribution is 2.40. The van der Waals surface area contributed by atoms with Gasteiger partial charge in [0.2, 0.25) is 11.9 Å². The smallest absolute Gasteiger partial charge is 0.227 e. The molecule has 2 rings (SSSR count). The average molecular weight is 249 g/mol. The molecule has 0 amide bonds. The third-order valence-corrected chi connectivity index (χ3v) is 4.05. The second-order valence-electron chi connectivity index (χ2n) is 5.20. The van der Waals surface area contributed by atoms with Crippen molar-refractivity contribution >= 4 is 11.9 Å². The van der Waals surface area contributed by atoms with Gasteiger partial charge in [-0.05, 0) is 24.7 Å². The van der Waals surface area contributed by atoms with Gasteiger partial charge in [0.1, 0.15) is 5.82 Å². The lowest BCUT2D eigenvalue weighted by atomic mass is 9.83. The summed E-state index contributed by atoms with van der Waals surface area (Å²) in [5, 5.41) is 3.35. The molecule has 1 aromatic rings. The molecule has 5 heteroatoms. The van der Waals surface area contributed by atoms with Crippen LogP contribution >= 0.6 is 0 Å². The zero-order chi connectivity index (χ0) is 13.0. The zero-order valence-electron chi connectivity index (χ0n) is 11.4. The molecule has 0 spiro atoms. The minimum absolute atomic E-state index is 0.307. The van der Waals surface area contributed by atoms with Crippen LogP contribution in [-0.2, 0) is 6.42 Å². The number of hydrogen-bond acceptors (Lipinski definition) is 5. The molecule has 1 aliphatic carbocycles. The highest BCUT2D eigenvalue weighted by atomic mass is 15.2. The number of anilines is 2.